The lowest BCUT2D eigenvalue weighted by molar-refractivity contribution is -0.139. The molecule has 0 radical (unpaired) electrons. The number of aromatic nitrogens is 2. The van der Waals surface area contributed by atoms with E-state index in [9.17, 15) is 22.8 Å². The molecule has 1 atom stereocenters. The largest absolute Gasteiger partial charge is 0.405 e. The number of fused-ring (bicyclic) bond motifs is 1. The summed E-state index contributed by atoms with van der Waals surface area (Å²) in [5.41, 5.74) is 2.97. The molecule has 2 amide bonds. The number of halogens is 3. The molecule has 0 aliphatic rings. The monoisotopic (exact) mass is 420 g/mol. The normalized spacial score (nSPS) is 12.6. The average molecular weight is 420 g/mol. The summed E-state index contributed by atoms with van der Waals surface area (Å²) in [5, 5.41) is 8.36. The van der Waals surface area contributed by atoms with E-state index in [-0.39, 0.29) is 11.3 Å². The Kier molecular flexibility index (Phi) is 5.77. The zero-order valence-corrected chi connectivity index (χ0v) is 16.4. The molecule has 0 unspecified atom stereocenters. The van der Waals surface area contributed by atoms with Gasteiger partial charge in [-0.25, -0.2) is 4.98 Å². The molecule has 158 valence electrons. The summed E-state index contributed by atoms with van der Waals surface area (Å²) in [6, 6.07) is 7.79. The first-order valence-electron chi connectivity index (χ1n) is 9.04. The second-order valence-corrected chi connectivity index (χ2v) is 6.90. The molecule has 2 aromatic heterocycles. The Morgan fingerprint density at radius 3 is 2.47 bits per heavy atom. The van der Waals surface area contributed by atoms with E-state index in [1.807, 2.05) is 31.2 Å². The molecule has 2 N–H and O–H groups in total. The van der Waals surface area contributed by atoms with Gasteiger partial charge < -0.3 is 15.2 Å². The van der Waals surface area contributed by atoms with Crippen molar-refractivity contribution >= 4 is 22.9 Å². The number of benzene rings is 1. The fourth-order valence-electron chi connectivity index (χ4n) is 2.83. The van der Waals surface area contributed by atoms with Crippen LogP contribution in [0.3, 0.4) is 0 Å². The van der Waals surface area contributed by atoms with Gasteiger partial charge in [-0.3, -0.25) is 9.59 Å². The highest BCUT2D eigenvalue weighted by Crippen LogP contribution is 2.27. The van der Waals surface area contributed by atoms with Crippen LogP contribution in [0.25, 0.3) is 22.4 Å². The van der Waals surface area contributed by atoms with Crippen LogP contribution in [0.15, 0.2) is 34.9 Å². The number of hydrogen-bond donors (Lipinski definition) is 2. The van der Waals surface area contributed by atoms with Crippen LogP contribution in [-0.4, -0.2) is 40.7 Å². The molecule has 2 heterocycles. The van der Waals surface area contributed by atoms with E-state index in [4.69, 9.17) is 4.52 Å². The molecule has 0 bridgehead atoms. The summed E-state index contributed by atoms with van der Waals surface area (Å²) in [4.78, 5) is 29.1. The van der Waals surface area contributed by atoms with Gasteiger partial charge in [0.2, 0.25) is 5.91 Å². The summed E-state index contributed by atoms with van der Waals surface area (Å²) >= 11 is 0. The lowest BCUT2D eigenvalue weighted by atomic mass is 10.0. The van der Waals surface area contributed by atoms with Gasteiger partial charge in [0, 0.05) is 5.56 Å². The van der Waals surface area contributed by atoms with Crippen LogP contribution < -0.4 is 10.6 Å². The van der Waals surface area contributed by atoms with Crippen LogP contribution in [0, 0.1) is 13.8 Å². The molecule has 0 aliphatic heterocycles. The number of hydrogen-bond acceptors (Lipinski definition) is 5. The van der Waals surface area contributed by atoms with Crippen LogP contribution in [0.1, 0.15) is 28.5 Å². The zero-order chi connectivity index (χ0) is 22.1. The average Bonchev–Trinajstić information content (AvgIpc) is 3.06. The molecular formula is C20H19F3N4O3. The minimum absolute atomic E-state index is 0.143. The maximum absolute atomic E-state index is 12.9. The summed E-state index contributed by atoms with van der Waals surface area (Å²) in [6.07, 6.45) is -4.54. The standard InChI is InChI=1S/C20H19F3N4O3/c1-10-4-6-13(7-5-10)15-8-14(16-11(2)27-30-19(16)26-15)18(29)25-12(3)17(28)24-9-20(21,22)23/h4-8,12H,9H2,1-3H3,(H,24,28)(H,25,29)/t12-/m0/s1. The highest BCUT2D eigenvalue weighted by Gasteiger charge is 2.29. The van der Waals surface area contributed by atoms with Crippen molar-refractivity contribution in [3.05, 3.63) is 47.2 Å². The molecule has 3 aromatic rings. The zero-order valence-electron chi connectivity index (χ0n) is 16.4. The van der Waals surface area contributed by atoms with Crippen molar-refractivity contribution in [3.8, 4) is 11.3 Å². The van der Waals surface area contributed by atoms with Crippen LogP contribution >= 0.6 is 0 Å². The molecule has 0 fully saturated rings. The molecule has 10 heteroatoms. The van der Waals surface area contributed by atoms with E-state index in [2.05, 4.69) is 15.5 Å². The van der Waals surface area contributed by atoms with E-state index in [1.54, 1.807) is 12.2 Å². The Hall–Kier alpha value is -3.43. The van der Waals surface area contributed by atoms with E-state index in [0.717, 1.165) is 11.1 Å². The fraction of sp³-hybridized carbons (Fsp3) is 0.300. The summed E-state index contributed by atoms with van der Waals surface area (Å²) in [5.74, 6) is -1.61. The number of carbonyl (C=O) groups excluding carboxylic acids is 2. The molecular weight excluding hydrogens is 401 g/mol. The van der Waals surface area contributed by atoms with Crippen molar-refractivity contribution in [3.63, 3.8) is 0 Å². The lowest BCUT2D eigenvalue weighted by Gasteiger charge is -2.15. The van der Waals surface area contributed by atoms with Crippen molar-refractivity contribution in [2.75, 3.05) is 6.54 Å². The minimum atomic E-state index is -4.54. The fourth-order valence-corrected chi connectivity index (χ4v) is 2.83. The number of aryl methyl sites for hydroxylation is 2. The van der Waals surface area contributed by atoms with Crippen molar-refractivity contribution in [2.45, 2.75) is 33.0 Å². The SMILES string of the molecule is Cc1ccc(-c2cc(C(=O)N[C@@H](C)C(=O)NCC(F)(F)F)c3c(C)noc3n2)cc1. The van der Waals surface area contributed by atoms with Crippen molar-refractivity contribution in [1.29, 1.82) is 0 Å². The van der Waals surface area contributed by atoms with Gasteiger partial charge in [-0.05, 0) is 26.8 Å². The Labute approximate surface area is 169 Å². The van der Waals surface area contributed by atoms with E-state index in [0.29, 0.717) is 16.8 Å². The number of amides is 2. The minimum Gasteiger partial charge on any atom is -0.345 e. The van der Waals surface area contributed by atoms with Crippen LogP contribution in [0.4, 0.5) is 13.2 Å². The third-order valence-electron chi connectivity index (χ3n) is 4.41. The molecule has 0 saturated heterocycles. The first-order chi connectivity index (χ1) is 14.0. The lowest BCUT2D eigenvalue weighted by Crippen LogP contribution is -2.47. The highest BCUT2D eigenvalue weighted by molar-refractivity contribution is 6.08. The maximum atomic E-state index is 12.9. The Morgan fingerprint density at radius 1 is 1.17 bits per heavy atom. The summed E-state index contributed by atoms with van der Waals surface area (Å²) < 4.78 is 42.1. The van der Waals surface area contributed by atoms with Gasteiger partial charge in [0.05, 0.1) is 22.3 Å². The smallest absolute Gasteiger partial charge is 0.345 e. The number of rotatable bonds is 5. The molecule has 3 rings (SSSR count). The highest BCUT2D eigenvalue weighted by atomic mass is 19.4. The quantitative estimate of drug-likeness (QED) is 0.660. The van der Waals surface area contributed by atoms with Gasteiger partial charge >= 0.3 is 6.18 Å². The van der Waals surface area contributed by atoms with Gasteiger partial charge in [0.25, 0.3) is 11.6 Å². The van der Waals surface area contributed by atoms with Gasteiger partial charge in [-0.2, -0.15) is 13.2 Å². The number of nitrogens with one attached hydrogen (secondary N) is 2. The summed E-state index contributed by atoms with van der Waals surface area (Å²) in [6.45, 7) is 3.39. The third-order valence-corrected chi connectivity index (χ3v) is 4.41. The van der Waals surface area contributed by atoms with E-state index in [1.165, 1.54) is 13.0 Å². The van der Waals surface area contributed by atoms with Gasteiger partial charge in [-0.1, -0.05) is 35.0 Å². The number of alkyl halides is 3. The van der Waals surface area contributed by atoms with E-state index >= 15 is 0 Å². The van der Waals surface area contributed by atoms with Crippen LogP contribution in [0.2, 0.25) is 0 Å². The number of pyridine rings is 1. The molecule has 1 aromatic carbocycles. The topological polar surface area (TPSA) is 97.1 Å². The van der Waals surface area contributed by atoms with Crippen molar-refractivity contribution in [1.82, 2.24) is 20.8 Å². The number of nitrogens with zero attached hydrogens (tertiary/aromatic N) is 2. The molecule has 0 spiro atoms. The number of carbonyl (C=O) groups is 2. The van der Waals surface area contributed by atoms with Crippen LogP contribution in [0.5, 0.6) is 0 Å². The maximum Gasteiger partial charge on any atom is 0.405 e. The van der Waals surface area contributed by atoms with Gasteiger partial charge in [0.1, 0.15) is 12.6 Å². The Morgan fingerprint density at radius 2 is 1.83 bits per heavy atom. The second-order valence-electron chi connectivity index (χ2n) is 6.90. The third kappa shape index (κ3) is 4.76. The molecule has 7 nitrogen and oxygen atoms in total. The van der Waals surface area contributed by atoms with Gasteiger partial charge in [0.15, 0.2) is 0 Å². The molecule has 30 heavy (non-hydrogen) atoms. The molecule has 0 aliphatic carbocycles. The second kappa shape index (κ2) is 8.13. The van der Waals surface area contributed by atoms with Gasteiger partial charge in [-0.15, -0.1) is 0 Å². The van der Waals surface area contributed by atoms with Crippen molar-refractivity contribution in [2.24, 2.45) is 0 Å². The van der Waals surface area contributed by atoms with Crippen LogP contribution in [-0.2, 0) is 4.79 Å². The van der Waals surface area contributed by atoms with Crippen molar-refractivity contribution < 1.29 is 27.3 Å². The summed E-state index contributed by atoms with van der Waals surface area (Å²) in [7, 11) is 0. The Bertz CT molecular complexity index is 1090. The first-order valence-corrected chi connectivity index (χ1v) is 9.04. The van der Waals surface area contributed by atoms with E-state index < -0.39 is 30.6 Å². The Balaban J connectivity index is 1.90. The first kappa shape index (κ1) is 21.3. The predicted molar refractivity (Wildman–Crippen MR) is 103 cm³/mol. The molecule has 0 saturated carbocycles. The predicted octanol–water partition coefficient (Wildman–Crippen LogP) is 3.30.